The molecule has 0 fully saturated rings. The molecule has 3 nitrogen and oxygen atoms in total. The minimum atomic E-state index is -0.327. The normalized spacial score (nSPS) is 10.7. The van der Waals surface area contributed by atoms with Crippen molar-refractivity contribution in [2.75, 3.05) is 0 Å². The molecule has 26 heavy (non-hydrogen) atoms. The molecule has 3 aromatic carbocycles. The van der Waals surface area contributed by atoms with E-state index in [9.17, 15) is 9.18 Å². The Hall–Kier alpha value is -3.53. The molecule has 0 unspecified atom stereocenters. The van der Waals surface area contributed by atoms with Crippen LogP contribution in [0.3, 0.4) is 0 Å². The Labute approximate surface area is 150 Å². The SMILES string of the molecule is O=C(c1ccccc1)c1cn(-c2ccccc2)nc1-c1ccc(F)cc1. The third-order valence-electron chi connectivity index (χ3n) is 4.13. The minimum absolute atomic E-state index is 0.118. The van der Waals surface area contributed by atoms with Gasteiger partial charge in [-0.2, -0.15) is 5.10 Å². The highest BCUT2D eigenvalue weighted by atomic mass is 19.1. The average Bonchev–Trinajstić information content (AvgIpc) is 3.15. The molecule has 0 saturated carbocycles. The Morgan fingerprint density at radius 3 is 2.08 bits per heavy atom. The number of ketones is 1. The van der Waals surface area contributed by atoms with Crippen molar-refractivity contribution in [2.45, 2.75) is 0 Å². The molecule has 1 aromatic heterocycles. The fourth-order valence-electron chi connectivity index (χ4n) is 2.82. The highest BCUT2D eigenvalue weighted by Crippen LogP contribution is 2.26. The lowest BCUT2D eigenvalue weighted by Crippen LogP contribution is -2.01. The predicted molar refractivity (Wildman–Crippen MR) is 98.8 cm³/mol. The Bertz CT molecular complexity index is 1040. The number of carbonyl (C=O) groups is 1. The first-order valence-electron chi connectivity index (χ1n) is 8.23. The van der Waals surface area contributed by atoms with Crippen LogP contribution in [0.5, 0.6) is 0 Å². The summed E-state index contributed by atoms with van der Waals surface area (Å²) < 4.78 is 15.0. The van der Waals surface area contributed by atoms with E-state index in [-0.39, 0.29) is 11.6 Å². The van der Waals surface area contributed by atoms with Crippen LogP contribution >= 0.6 is 0 Å². The van der Waals surface area contributed by atoms with Crippen molar-refractivity contribution in [1.82, 2.24) is 9.78 Å². The van der Waals surface area contributed by atoms with Crippen LogP contribution < -0.4 is 0 Å². The van der Waals surface area contributed by atoms with Crippen molar-refractivity contribution >= 4 is 5.78 Å². The molecule has 0 bridgehead atoms. The molecule has 126 valence electrons. The summed E-state index contributed by atoms with van der Waals surface area (Å²) in [5.41, 5.74) is 3.14. The van der Waals surface area contributed by atoms with E-state index in [2.05, 4.69) is 5.10 Å². The number of rotatable bonds is 4. The number of hydrogen-bond donors (Lipinski definition) is 0. The van der Waals surface area contributed by atoms with Gasteiger partial charge in [-0.25, -0.2) is 9.07 Å². The lowest BCUT2D eigenvalue weighted by molar-refractivity contribution is 0.103. The average molecular weight is 342 g/mol. The summed E-state index contributed by atoms with van der Waals surface area (Å²) in [6.45, 7) is 0. The molecule has 0 saturated heterocycles. The minimum Gasteiger partial charge on any atom is -0.288 e. The Balaban J connectivity index is 1.87. The number of nitrogens with zero attached hydrogens (tertiary/aromatic N) is 2. The number of para-hydroxylation sites is 1. The standard InChI is InChI=1S/C22H15FN2O/c23-18-13-11-16(12-14-18)21-20(22(26)17-7-3-1-4-8-17)15-25(24-21)19-9-5-2-6-10-19/h1-15H. The van der Waals surface area contributed by atoms with Crippen molar-refractivity contribution in [3.8, 4) is 16.9 Å². The molecule has 0 spiro atoms. The topological polar surface area (TPSA) is 34.9 Å². The van der Waals surface area contributed by atoms with Gasteiger partial charge in [0.1, 0.15) is 11.5 Å². The summed E-state index contributed by atoms with van der Waals surface area (Å²) in [4.78, 5) is 13.0. The molecule has 1 heterocycles. The maximum absolute atomic E-state index is 13.3. The summed E-state index contributed by atoms with van der Waals surface area (Å²) in [6.07, 6.45) is 1.73. The van der Waals surface area contributed by atoms with Crippen molar-refractivity contribution in [1.29, 1.82) is 0 Å². The number of halogens is 1. The summed E-state index contributed by atoms with van der Waals surface area (Å²) in [5.74, 6) is -0.445. The van der Waals surface area contributed by atoms with Gasteiger partial charge >= 0.3 is 0 Å². The van der Waals surface area contributed by atoms with Crippen LogP contribution in [0.1, 0.15) is 15.9 Å². The second-order valence-electron chi connectivity index (χ2n) is 5.87. The summed E-state index contributed by atoms with van der Waals surface area (Å²) in [6, 6.07) is 24.6. The van der Waals surface area contributed by atoms with E-state index in [1.54, 1.807) is 35.1 Å². The van der Waals surface area contributed by atoms with E-state index in [4.69, 9.17) is 0 Å². The van der Waals surface area contributed by atoms with Crippen LogP contribution in [0.25, 0.3) is 16.9 Å². The van der Waals surface area contributed by atoms with Gasteiger partial charge in [-0.15, -0.1) is 0 Å². The van der Waals surface area contributed by atoms with Gasteiger partial charge < -0.3 is 0 Å². The first kappa shape index (κ1) is 16.0. The first-order valence-corrected chi connectivity index (χ1v) is 8.23. The van der Waals surface area contributed by atoms with Crippen molar-refractivity contribution in [2.24, 2.45) is 0 Å². The van der Waals surface area contributed by atoms with Crippen LogP contribution in [-0.2, 0) is 0 Å². The maximum Gasteiger partial charge on any atom is 0.196 e. The molecule has 0 aliphatic carbocycles. The smallest absolute Gasteiger partial charge is 0.196 e. The van der Waals surface area contributed by atoms with Crippen molar-refractivity contribution in [3.05, 3.63) is 108 Å². The Kier molecular flexibility index (Phi) is 4.15. The zero-order valence-electron chi connectivity index (χ0n) is 13.8. The van der Waals surface area contributed by atoms with Gasteiger partial charge in [-0.1, -0.05) is 48.5 Å². The third kappa shape index (κ3) is 3.05. The van der Waals surface area contributed by atoms with Crippen LogP contribution in [-0.4, -0.2) is 15.6 Å². The third-order valence-corrected chi connectivity index (χ3v) is 4.13. The van der Waals surface area contributed by atoms with Gasteiger partial charge in [-0.3, -0.25) is 4.79 Å². The van der Waals surface area contributed by atoms with Crippen molar-refractivity contribution < 1.29 is 9.18 Å². The molecule has 0 radical (unpaired) electrons. The number of benzene rings is 3. The molecule has 0 N–H and O–H groups in total. The summed E-state index contributed by atoms with van der Waals surface area (Å²) in [7, 11) is 0. The second kappa shape index (κ2) is 6.76. The Morgan fingerprint density at radius 1 is 0.808 bits per heavy atom. The number of aromatic nitrogens is 2. The van der Waals surface area contributed by atoms with E-state index in [0.717, 1.165) is 5.69 Å². The van der Waals surface area contributed by atoms with Crippen LogP contribution in [0, 0.1) is 5.82 Å². The van der Waals surface area contributed by atoms with Crippen LogP contribution in [0.2, 0.25) is 0 Å². The van der Waals surface area contributed by atoms with Crippen molar-refractivity contribution in [3.63, 3.8) is 0 Å². The van der Waals surface area contributed by atoms with Crippen LogP contribution in [0.4, 0.5) is 4.39 Å². The number of hydrogen-bond acceptors (Lipinski definition) is 2. The van der Waals surface area contributed by atoms with E-state index < -0.39 is 0 Å². The van der Waals surface area contributed by atoms with Gasteiger partial charge in [0.05, 0.1) is 11.3 Å². The van der Waals surface area contributed by atoms with E-state index in [1.165, 1.54) is 12.1 Å². The molecule has 0 aliphatic heterocycles. The lowest BCUT2D eigenvalue weighted by atomic mass is 10.0. The van der Waals surface area contributed by atoms with E-state index in [0.29, 0.717) is 22.4 Å². The number of carbonyl (C=O) groups excluding carboxylic acids is 1. The molecule has 4 rings (SSSR count). The predicted octanol–water partition coefficient (Wildman–Crippen LogP) is 4.91. The molecule has 4 aromatic rings. The highest BCUT2D eigenvalue weighted by molar-refractivity contribution is 6.12. The lowest BCUT2D eigenvalue weighted by Gasteiger charge is -2.02. The summed E-state index contributed by atoms with van der Waals surface area (Å²) >= 11 is 0. The monoisotopic (exact) mass is 342 g/mol. The fraction of sp³-hybridized carbons (Fsp3) is 0. The van der Waals surface area contributed by atoms with Gasteiger partial charge in [0.25, 0.3) is 0 Å². The van der Waals surface area contributed by atoms with Gasteiger partial charge in [-0.05, 0) is 36.4 Å². The molecule has 0 aliphatic rings. The first-order chi connectivity index (χ1) is 12.7. The fourth-order valence-corrected chi connectivity index (χ4v) is 2.82. The van der Waals surface area contributed by atoms with Gasteiger partial charge in [0.2, 0.25) is 0 Å². The molecule has 4 heteroatoms. The summed E-state index contributed by atoms with van der Waals surface area (Å²) in [5, 5.41) is 4.60. The largest absolute Gasteiger partial charge is 0.288 e. The van der Waals surface area contributed by atoms with Gasteiger partial charge in [0, 0.05) is 17.3 Å². The molecule has 0 atom stereocenters. The van der Waals surface area contributed by atoms with E-state index in [1.807, 2.05) is 48.5 Å². The van der Waals surface area contributed by atoms with Gasteiger partial charge in [0.15, 0.2) is 5.78 Å². The highest BCUT2D eigenvalue weighted by Gasteiger charge is 2.19. The zero-order valence-corrected chi connectivity index (χ0v) is 13.8. The maximum atomic E-state index is 13.3. The molecule has 0 amide bonds. The zero-order chi connectivity index (χ0) is 17.9. The second-order valence-corrected chi connectivity index (χ2v) is 5.87. The van der Waals surface area contributed by atoms with E-state index >= 15 is 0 Å². The molecular weight excluding hydrogens is 327 g/mol. The quantitative estimate of drug-likeness (QED) is 0.494. The molecular formula is C22H15FN2O. The Morgan fingerprint density at radius 2 is 1.42 bits per heavy atom. The van der Waals surface area contributed by atoms with Crippen LogP contribution in [0.15, 0.2) is 91.1 Å².